The maximum atomic E-state index is 5.77. The first-order chi connectivity index (χ1) is 10.4. The van der Waals surface area contributed by atoms with Crippen molar-refractivity contribution in [1.29, 1.82) is 0 Å². The zero-order valence-electron chi connectivity index (χ0n) is 15.2. The number of hydrogen-bond donors (Lipinski definition) is 1. The average molecular weight is 303 g/mol. The molecule has 1 saturated heterocycles. The molecule has 0 aromatic heterocycles. The van der Waals surface area contributed by atoms with Gasteiger partial charge in [-0.2, -0.15) is 0 Å². The van der Waals surface area contributed by atoms with E-state index in [1.54, 1.807) is 0 Å². The van der Waals surface area contributed by atoms with E-state index in [1.807, 2.05) is 0 Å². The van der Waals surface area contributed by atoms with Crippen molar-refractivity contribution >= 4 is 5.69 Å². The number of benzene rings is 1. The molecular formula is C20H33NO. The summed E-state index contributed by atoms with van der Waals surface area (Å²) in [7, 11) is 0. The number of anilines is 1. The molecule has 0 saturated carbocycles. The summed E-state index contributed by atoms with van der Waals surface area (Å²) < 4.78 is 5.77. The first-order valence-electron chi connectivity index (χ1n) is 8.93. The summed E-state index contributed by atoms with van der Waals surface area (Å²) in [6.07, 6.45) is 2.77. The SMILES string of the molecule is CC(C)c1cc(C(C)C)c(NCC2CCCO2)c(C(C)C)c1. The van der Waals surface area contributed by atoms with Crippen LogP contribution in [0.3, 0.4) is 0 Å². The molecule has 1 aliphatic heterocycles. The molecule has 124 valence electrons. The minimum absolute atomic E-state index is 0.379. The van der Waals surface area contributed by atoms with Crippen LogP contribution in [0.1, 0.15) is 88.8 Å². The molecule has 0 spiro atoms. The lowest BCUT2D eigenvalue weighted by Crippen LogP contribution is -2.20. The monoisotopic (exact) mass is 303 g/mol. The molecule has 1 atom stereocenters. The Bertz CT molecular complexity index is 455. The summed E-state index contributed by atoms with van der Waals surface area (Å²) in [6.45, 7) is 15.6. The van der Waals surface area contributed by atoms with E-state index in [1.165, 1.54) is 35.2 Å². The molecule has 1 aromatic carbocycles. The van der Waals surface area contributed by atoms with E-state index in [4.69, 9.17) is 4.74 Å². The maximum absolute atomic E-state index is 5.77. The second-order valence-corrected chi connectivity index (χ2v) is 7.55. The molecule has 1 aliphatic rings. The molecule has 2 heteroatoms. The minimum Gasteiger partial charge on any atom is -0.382 e. The largest absolute Gasteiger partial charge is 0.382 e. The Labute approximate surface area is 136 Å². The summed E-state index contributed by atoms with van der Waals surface area (Å²) in [5.74, 6) is 1.63. The molecule has 1 heterocycles. The molecule has 1 unspecified atom stereocenters. The Morgan fingerprint density at radius 3 is 2.00 bits per heavy atom. The van der Waals surface area contributed by atoms with Crippen molar-refractivity contribution in [1.82, 2.24) is 0 Å². The third kappa shape index (κ3) is 4.04. The van der Waals surface area contributed by atoms with Crippen molar-refractivity contribution in [2.45, 2.75) is 78.2 Å². The predicted octanol–water partition coefficient (Wildman–Crippen LogP) is 5.65. The van der Waals surface area contributed by atoms with Gasteiger partial charge in [-0.25, -0.2) is 0 Å². The predicted molar refractivity (Wildman–Crippen MR) is 96.2 cm³/mol. The summed E-state index contributed by atoms with van der Waals surface area (Å²) in [5, 5.41) is 3.73. The normalized spacial score (nSPS) is 18.7. The van der Waals surface area contributed by atoms with E-state index < -0.39 is 0 Å². The van der Waals surface area contributed by atoms with Crippen LogP contribution in [-0.4, -0.2) is 19.3 Å². The van der Waals surface area contributed by atoms with Gasteiger partial charge in [0.25, 0.3) is 0 Å². The van der Waals surface area contributed by atoms with Crippen LogP contribution < -0.4 is 5.32 Å². The molecular weight excluding hydrogens is 270 g/mol. The van der Waals surface area contributed by atoms with Crippen molar-refractivity contribution in [2.75, 3.05) is 18.5 Å². The van der Waals surface area contributed by atoms with Crippen LogP contribution >= 0.6 is 0 Å². The van der Waals surface area contributed by atoms with Crippen LogP contribution in [0.25, 0.3) is 0 Å². The van der Waals surface area contributed by atoms with Gasteiger partial charge in [0, 0.05) is 18.8 Å². The highest BCUT2D eigenvalue weighted by Gasteiger charge is 2.20. The zero-order chi connectivity index (χ0) is 16.3. The van der Waals surface area contributed by atoms with Gasteiger partial charge in [-0.1, -0.05) is 53.7 Å². The highest BCUT2D eigenvalue weighted by molar-refractivity contribution is 5.62. The molecule has 0 aliphatic carbocycles. The lowest BCUT2D eigenvalue weighted by molar-refractivity contribution is 0.120. The van der Waals surface area contributed by atoms with Crippen molar-refractivity contribution in [3.8, 4) is 0 Å². The van der Waals surface area contributed by atoms with Crippen molar-refractivity contribution in [3.63, 3.8) is 0 Å². The van der Waals surface area contributed by atoms with Gasteiger partial charge in [0.05, 0.1) is 6.10 Å². The zero-order valence-corrected chi connectivity index (χ0v) is 15.2. The average Bonchev–Trinajstić information content (AvgIpc) is 2.96. The summed E-state index contributed by atoms with van der Waals surface area (Å²) in [5.41, 5.74) is 5.71. The third-order valence-electron chi connectivity index (χ3n) is 4.66. The molecule has 2 nitrogen and oxygen atoms in total. The first-order valence-corrected chi connectivity index (χ1v) is 8.93. The Morgan fingerprint density at radius 1 is 1.00 bits per heavy atom. The van der Waals surface area contributed by atoms with Gasteiger partial charge in [-0.05, 0) is 47.3 Å². The van der Waals surface area contributed by atoms with Gasteiger partial charge in [-0.3, -0.25) is 0 Å². The van der Waals surface area contributed by atoms with Crippen LogP contribution in [0.5, 0.6) is 0 Å². The second kappa shape index (κ2) is 7.50. The van der Waals surface area contributed by atoms with E-state index in [2.05, 4.69) is 59.0 Å². The van der Waals surface area contributed by atoms with Crippen LogP contribution in [0.4, 0.5) is 5.69 Å². The quantitative estimate of drug-likeness (QED) is 0.733. The lowest BCUT2D eigenvalue weighted by Gasteiger charge is -2.24. The van der Waals surface area contributed by atoms with E-state index >= 15 is 0 Å². The Kier molecular flexibility index (Phi) is 5.91. The molecule has 2 rings (SSSR count). The van der Waals surface area contributed by atoms with Gasteiger partial charge < -0.3 is 10.1 Å². The van der Waals surface area contributed by atoms with Crippen molar-refractivity contribution in [3.05, 3.63) is 28.8 Å². The molecule has 1 aromatic rings. The Morgan fingerprint density at radius 2 is 1.59 bits per heavy atom. The maximum Gasteiger partial charge on any atom is 0.0748 e. The van der Waals surface area contributed by atoms with Gasteiger partial charge in [0.1, 0.15) is 0 Å². The first kappa shape index (κ1) is 17.3. The van der Waals surface area contributed by atoms with Gasteiger partial charge in [0.15, 0.2) is 0 Å². The standard InChI is InChI=1S/C20H33NO/c1-13(2)16-10-18(14(3)4)20(19(11-16)15(5)6)21-12-17-8-7-9-22-17/h10-11,13-15,17,21H,7-9,12H2,1-6H3. The summed E-state index contributed by atoms with van der Waals surface area (Å²) >= 11 is 0. The second-order valence-electron chi connectivity index (χ2n) is 7.55. The number of hydrogen-bond acceptors (Lipinski definition) is 2. The van der Waals surface area contributed by atoms with Gasteiger partial charge in [0.2, 0.25) is 0 Å². The fourth-order valence-corrected chi connectivity index (χ4v) is 3.18. The number of ether oxygens (including phenoxy) is 1. The highest BCUT2D eigenvalue weighted by Crippen LogP contribution is 2.36. The van der Waals surface area contributed by atoms with E-state index in [0.29, 0.717) is 23.9 Å². The third-order valence-corrected chi connectivity index (χ3v) is 4.66. The fraction of sp³-hybridized carbons (Fsp3) is 0.700. The van der Waals surface area contributed by atoms with E-state index in [-0.39, 0.29) is 0 Å². The molecule has 0 amide bonds. The van der Waals surface area contributed by atoms with Crippen LogP contribution in [0, 0.1) is 0 Å². The van der Waals surface area contributed by atoms with E-state index in [0.717, 1.165) is 13.2 Å². The smallest absolute Gasteiger partial charge is 0.0748 e. The molecule has 0 bridgehead atoms. The van der Waals surface area contributed by atoms with Crippen LogP contribution in [0.15, 0.2) is 12.1 Å². The van der Waals surface area contributed by atoms with Gasteiger partial charge >= 0.3 is 0 Å². The Hall–Kier alpha value is -1.02. The molecule has 1 fully saturated rings. The number of nitrogens with one attached hydrogen (secondary N) is 1. The number of rotatable bonds is 6. The van der Waals surface area contributed by atoms with Crippen molar-refractivity contribution in [2.24, 2.45) is 0 Å². The van der Waals surface area contributed by atoms with Crippen LogP contribution in [0.2, 0.25) is 0 Å². The molecule has 22 heavy (non-hydrogen) atoms. The lowest BCUT2D eigenvalue weighted by atomic mass is 9.87. The summed E-state index contributed by atoms with van der Waals surface area (Å²) in [6, 6.07) is 4.80. The minimum atomic E-state index is 0.379. The highest BCUT2D eigenvalue weighted by atomic mass is 16.5. The summed E-state index contributed by atoms with van der Waals surface area (Å²) in [4.78, 5) is 0. The molecule has 1 N–H and O–H groups in total. The van der Waals surface area contributed by atoms with Crippen LogP contribution in [-0.2, 0) is 4.74 Å². The molecule has 0 radical (unpaired) electrons. The topological polar surface area (TPSA) is 21.3 Å². The Balaban J connectivity index is 2.34. The fourth-order valence-electron chi connectivity index (χ4n) is 3.18. The van der Waals surface area contributed by atoms with E-state index in [9.17, 15) is 0 Å². The van der Waals surface area contributed by atoms with Crippen molar-refractivity contribution < 1.29 is 4.74 Å². The van der Waals surface area contributed by atoms with Gasteiger partial charge in [-0.15, -0.1) is 0 Å².